The fraction of sp³-hybridized carbons (Fsp3) is 0.667. The van der Waals surface area contributed by atoms with Crippen molar-refractivity contribution in [2.75, 3.05) is 16.7 Å². The van der Waals surface area contributed by atoms with E-state index in [1.54, 1.807) is 32.9 Å². The summed E-state index contributed by atoms with van der Waals surface area (Å²) >= 11 is 1.35. The Kier molecular flexibility index (Phi) is 11.8. The minimum Gasteiger partial charge on any atom is -0.459 e. The van der Waals surface area contributed by atoms with Gasteiger partial charge in [0.2, 0.25) is 0 Å². The molecule has 1 aliphatic heterocycles. The Morgan fingerprint density at radius 1 is 1.10 bits per heavy atom. The fourth-order valence-corrected chi connectivity index (χ4v) is 6.21. The maximum atomic E-state index is 13.7. The van der Waals surface area contributed by atoms with Gasteiger partial charge in [-0.15, -0.1) is 4.85 Å². The van der Waals surface area contributed by atoms with Crippen molar-refractivity contribution in [1.29, 1.82) is 0 Å². The second-order valence-corrected chi connectivity index (χ2v) is 13.0. The minimum absolute atomic E-state index is 0.0692. The molecule has 11 nitrogen and oxygen atoms in total. The first-order valence-corrected chi connectivity index (χ1v) is 15.6. The summed E-state index contributed by atoms with van der Waals surface area (Å²) in [6, 6.07) is 5.93. The number of nitrogens with one attached hydrogen (secondary N) is 2. The molecule has 0 aliphatic carbocycles. The molecule has 4 unspecified atom stereocenters. The second kappa shape index (κ2) is 14.7. The number of aliphatic hydroxyl groups excluding tert-OH is 2. The second-order valence-electron chi connectivity index (χ2n) is 12.2. The number of aryl methyl sites for hydroxylation is 1. The number of nitrogens with zero attached hydrogens (tertiary/aromatic N) is 2. The molecule has 236 valence electrons. The molecule has 1 aromatic carbocycles. The lowest BCUT2D eigenvalue weighted by molar-refractivity contribution is -0.188. The smallest absolute Gasteiger partial charge is 0.322 e. The number of ether oxygens (including phenoxy) is 1. The highest BCUT2D eigenvalue weighted by molar-refractivity contribution is 8.00. The highest BCUT2D eigenvalue weighted by atomic mass is 32.2. The molecule has 1 aromatic heterocycles. The number of aliphatic hydroxyl groups is 3. The molecule has 12 heteroatoms. The van der Waals surface area contributed by atoms with Gasteiger partial charge in [0.1, 0.15) is 24.0 Å². The largest absolute Gasteiger partial charge is 0.459 e. The average molecular weight is 609 g/mol. The SMILES string of the molecule is CC[C@H]1OC(=O)C(C)C[C@H](C)CC(O)C[C@@H](C)CN(C(=O)Nc2ccc(SNn3cc(C)o3)cc2)C(C)C(O)[C@]1(C)O. The lowest BCUT2D eigenvalue weighted by Crippen LogP contribution is -2.60. The van der Waals surface area contributed by atoms with Gasteiger partial charge in [-0.2, -0.15) is 0 Å². The van der Waals surface area contributed by atoms with Crippen LogP contribution in [0.2, 0.25) is 0 Å². The number of carbonyl (C=O) groups is 2. The number of urea groups is 1. The van der Waals surface area contributed by atoms with Gasteiger partial charge in [0.25, 0.3) is 0 Å². The molecular weight excluding hydrogens is 560 g/mol. The Bertz CT molecular complexity index is 1140. The van der Waals surface area contributed by atoms with Crippen LogP contribution in [0.25, 0.3) is 0 Å². The highest BCUT2D eigenvalue weighted by Crippen LogP contribution is 2.30. The maximum Gasteiger partial charge on any atom is 0.322 e. The highest BCUT2D eigenvalue weighted by Gasteiger charge is 2.46. The van der Waals surface area contributed by atoms with Gasteiger partial charge in [-0.1, -0.05) is 27.7 Å². The number of anilines is 1. The molecule has 8 atom stereocenters. The molecule has 1 fully saturated rings. The molecule has 0 saturated carbocycles. The van der Waals surface area contributed by atoms with E-state index in [0.29, 0.717) is 24.9 Å². The Labute approximate surface area is 253 Å². The molecule has 2 heterocycles. The van der Waals surface area contributed by atoms with Gasteiger partial charge in [0, 0.05) is 29.1 Å². The molecule has 3 rings (SSSR count). The Hall–Kier alpha value is -2.67. The van der Waals surface area contributed by atoms with E-state index in [0.717, 1.165) is 10.7 Å². The first-order valence-electron chi connectivity index (χ1n) is 14.8. The van der Waals surface area contributed by atoms with Crippen LogP contribution in [0.4, 0.5) is 10.5 Å². The maximum absolute atomic E-state index is 13.7. The Morgan fingerprint density at radius 3 is 2.31 bits per heavy atom. The molecule has 2 aromatic rings. The summed E-state index contributed by atoms with van der Waals surface area (Å²) in [5.74, 6) is -0.112. The van der Waals surface area contributed by atoms with E-state index in [9.17, 15) is 24.9 Å². The van der Waals surface area contributed by atoms with Gasteiger partial charge in [-0.05, 0) is 82.6 Å². The number of amides is 2. The predicted octanol–water partition coefficient (Wildman–Crippen LogP) is 4.75. The standard InChI is InChI=1S/C30H48N4O7S/c1-8-26-30(7,39)27(36)22(6)33(16-19(3)15-24(35)14-18(2)13-20(4)28(37)40-26)29(38)31-23-9-11-25(12-10-23)42-32-34-17-21(5)41-34/h9-12,17-20,22,24,26-27,32,35-36,39H,8,13-16H2,1-7H3,(H,31,38)/t18-,19+,20?,22?,24?,26+,27?,30+/m0/s1. The summed E-state index contributed by atoms with van der Waals surface area (Å²) in [7, 11) is 0. The van der Waals surface area contributed by atoms with Crippen LogP contribution in [-0.4, -0.2) is 73.6 Å². The van der Waals surface area contributed by atoms with Crippen LogP contribution in [0.1, 0.15) is 73.0 Å². The number of hydrogen-bond acceptors (Lipinski definition) is 9. The Morgan fingerprint density at radius 2 is 1.71 bits per heavy atom. The minimum atomic E-state index is -1.82. The van der Waals surface area contributed by atoms with Crippen molar-refractivity contribution in [3.63, 3.8) is 0 Å². The number of rotatable bonds is 5. The molecule has 0 radical (unpaired) electrons. The summed E-state index contributed by atoms with van der Waals surface area (Å²) in [6.45, 7) is 12.7. The average Bonchev–Trinajstić information content (AvgIpc) is 2.90. The van der Waals surface area contributed by atoms with Crippen molar-refractivity contribution >= 4 is 29.6 Å². The van der Waals surface area contributed by atoms with Gasteiger partial charge in [0.05, 0.1) is 18.1 Å². The first-order chi connectivity index (χ1) is 19.7. The molecule has 5 N–H and O–H groups in total. The fourth-order valence-electron chi connectivity index (χ4n) is 5.65. The van der Waals surface area contributed by atoms with Gasteiger partial charge in [0.15, 0.2) is 5.76 Å². The number of benzene rings is 1. The molecule has 1 aliphatic rings. The van der Waals surface area contributed by atoms with E-state index < -0.39 is 47.9 Å². The number of aromatic nitrogens is 1. The van der Waals surface area contributed by atoms with Crippen LogP contribution in [0.15, 0.2) is 39.9 Å². The molecule has 2 amide bonds. The zero-order valence-corrected chi connectivity index (χ0v) is 26.6. The van der Waals surface area contributed by atoms with Gasteiger partial charge < -0.3 is 34.8 Å². The van der Waals surface area contributed by atoms with Crippen molar-refractivity contribution in [3.8, 4) is 0 Å². The van der Waals surface area contributed by atoms with Crippen LogP contribution >= 0.6 is 11.9 Å². The topological polar surface area (TPSA) is 149 Å². The zero-order chi connectivity index (χ0) is 31.2. The summed E-state index contributed by atoms with van der Waals surface area (Å²) in [5, 5.41) is 36.6. The number of cyclic esters (lactones) is 1. The summed E-state index contributed by atoms with van der Waals surface area (Å²) in [4.78, 5) is 33.5. The molecule has 0 bridgehead atoms. The summed E-state index contributed by atoms with van der Waals surface area (Å²) in [5.41, 5.74) is -1.27. The normalized spacial score (nSPS) is 32.0. The zero-order valence-electron chi connectivity index (χ0n) is 25.7. The van der Waals surface area contributed by atoms with E-state index in [1.165, 1.54) is 28.6 Å². The van der Waals surface area contributed by atoms with Crippen LogP contribution in [0.5, 0.6) is 0 Å². The van der Waals surface area contributed by atoms with Crippen LogP contribution in [-0.2, 0) is 9.53 Å². The van der Waals surface area contributed by atoms with Crippen molar-refractivity contribution in [3.05, 3.63) is 36.2 Å². The van der Waals surface area contributed by atoms with E-state index in [1.807, 2.05) is 39.1 Å². The third kappa shape index (κ3) is 8.92. The third-order valence-electron chi connectivity index (χ3n) is 8.01. The molecular formula is C30H48N4O7S. The van der Waals surface area contributed by atoms with E-state index in [-0.39, 0.29) is 24.8 Å². The predicted molar refractivity (Wildman–Crippen MR) is 162 cm³/mol. The molecule has 42 heavy (non-hydrogen) atoms. The van der Waals surface area contributed by atoms with Crippen molar-refractivity contribution in [2.45, 2.75) is 109 Å². The number of hydrogen-bond donors (Lipinski definition) is 5. The quantitative estimate of drug-likeness (QED) is 0.239. The molecule has 0 spiro atoms. The first kappa shape index (κ1) is 33.8. The van der Waals surface area contributed by atoms with E-state index in [4.69, 9.17) is 9.26 Å². The lowest BCUT2D eigenvalue weighted by Gasteiger charge is -2.42. The van der Waals surface area contributed by atoms with Crippen molar-refractivity contribution < 1.29 is 34.2 Å². The van der Waals surface area contributed by atoms with E-state index >= 15 is 0 Å². The number of carbonyl (C=O) groups excluding carboxylic acids is 2. The van der Waals surface area contributed by atoms with E-state index in [2.05, 4.69) is 10.1 Å². The van der Waals surface area contributed by atoms with Crippen molar-refractivity contribution in [2.24, 2.45) is 17.8 Å². The number of esters is 1. The van der Waals surface area contributed by atoms with Gasteiger partial charge >= 0.3 is 12.0 Å². The van der Waals surface area contributed by atoms with Gasteiger partial charge in [-0.3, -0.25) is 4.79 Å². The lowest BCUT2D eigenvalue weighted by atomic mass is 9.86. The molecule has 1 saturated heterocycles. The van der Waals surface area contributed by atoms with Crippen molar-refractivity contribution in [1.82, 2.24) is 9.75 Å². The van der Waals surface area contributed by atoms with Crippen LogP contribution < -0.4 is 10.1 Å². The third-order valence-corrected chi connectivity index (χ3v) is 8.78. The summed E-state index contributed by atoms with van der Waals surface area (Å²) in [6.07, 6.45) is 0.571. The Balaban J connectivity index is 1.81. The summed E-state index contributed by atoms with van der Waals surface area (Å²) < 4.78 is 11.0. The van der Waals surface area contributed by atoms with Gasteiger partial charge in [-0.25, -0.2) is 9.63 Å². The monoisotopic (exact) mass is 608 g/mol. The van der Waals surface area contributed by atoms with Crippen LogP contribution in [0.3, 0.4) is 0 Å². The van der Waals surface area contributed by atoms with Crippen LogP contribution in [0, 0.1) is 24.7 Å².